The monoisotopic (exact) mass is 369 g/mol. The Morgan fingerprint density at radius 1 is 0.500 bits per heavy atom. The molecule has 0 aliphatic carbocycles. The molecule has 0 aliphatic rings. The Morgan fingerprint density at radius 2 is 0.846 bits per heavy atom. The highest BCUT2D eigenvalue weighted by atomic mass is 15.3. The van der Waals surface area contributed by atoms with E-state index in [0.717, 1.165) is 0 Å². The van der Waals surface area contributed by atoms with Crippen molar-refractivity contribution in [1.82, 2.24) is 4.90 Å². The molecule has 0 unspecified atom stereocenters. The van der Waals surface area contributed by atoms with Gasteiger partial charge in [-0.25, -0.2) is 0 Å². The highest BCUT2D eigenvalue weighted by Crippen LogP contribution is 2.14. The Bertz CT molecular complexity index is 273. The second-order valence-electron chi connectivity index (χ2n) is 9.49. The fraction of sp³-hybridized carbons (Fsp3) is 1.00. The third-order valence-corrected chi connectivity index (χ3v) is 5.77. The minimum Gasteiger partial charge on any atom is -0.327 e. The van der Waals surface area contributed by atoms with E-state index in [0.29, 0.717) is 0 Å². The van der Waals surface area contributed by atoms with Gasteiger partial charge in [0.25, 0.3) is 0 Å². The fourth-order valence-corrected chi connectivity index (χ4v) is 3.67. The summed E-state index contributed by atoms with van der Waals surface area (Å²) in [6.07, 6.45) is 23.3. The smallest absolute Gasteiger partial charge is 0.0911 e. The summed E-state index contributed by atoms with van der Waals surface area (Å²) in [5.41, 5.74) is 0. The molecular formula is C24H53N2+. The Hall–Kier alpha value is -0.0800. The van der Waals surface area contributed by atoms with Gasteiger partial charge in [0.1, 0.15) is 0 Å². The number of hydrogen-bond acceptors (Lipinski definition) is 1. The molecule has 158 valence electrons. The molecule has 2 heteroatoms. The molecule has 0 bridgehead atoms. The molecule has 0 aliphatic heterocycles. The zero-order valence-corrected chi connectivity index (χ0v) is 19.3. The van der Waals surface area contributed by atoms with Crippen LogP contribution >= 0.6 is 0 Å². The quantitative estimate of drug-likeness (QED) is 0.167. The van der Waals surface area contributed by atoms with Crippen LogP contribution in [0.5, 0.6) is 0 Å². The molecule has 0 saturated heterocycles. The maximum absolute atomic E-state index is 2.38. The highest BCUT2D eigenvalue weighted by Gasteiger charge is 2.14. The first-order valence-electron chi connectivity index (χ1n) is 11.9. The maximum Gasteiger partial charge on any atom is 0.0911 e. The predicted molar refractivity (Wildman–Crippen MR) is 120 cm³/mol. The van der Waals surface area contributed by atoms with Gasteiger partial charge < -0.3 is 9.38 Å². The van der Waals surface area contributed by atoms with E-state index in [2.05, 4.69) is 40.0 Å². The Labute approximate surface area is 167 Å². The normalized spacial score (nSPS) is 12.2. The van der Waals surface area contributed by atoms with Gasteiger partial charge in [0.05, 0.1) is 27.2 Å². The molecule has 0 aromatic rings. The van der Waals surface area contributed by atoms with Crippen LogP contribution in [-0.2, 0) is 0 Å². The first-order chi connectivity index (χ1) is 12.5. The molecule has 0 atom stereocenters. The summed E-state index contributed by atoms with van der Waals surface area (Å²) in [6, 6.07) is 0. The van der Waals surface area contributed by atoms with Gasteiger partial charge in [0, 0.05) is 6.54 Å². The van der Waals surface area contributed by atoms with Crippen LogP contribution in [0.2, 0.25) is 0 Å². The summed E-state index contributed by atoms with van der Waals surface area (Å²) in [5, 5.41) is 0. The van der Waals surface area contributed by atoms with Crippen LogP contribution in [0.15, 0.2) is 0 Å². The van der Waals surface area contributed by atoms with Crippen LogP contribution in [0.3, 0.4) is 0 Å². The maximum atomic E-state index is 2.38. The van der Waals surface area contributed by atoms with Gasteiger partial charge in [0.2, 0.25) is 0 Å². The summed E-state index contributed by atoms with van der Waals surface area (Å²) in [6.45, 7) is 6.11. The van der Waals surface area contributed by atoms with E-state index in [-0.39, 0.29) is 0 Å². The van der Waals surface area contributed by atoms with Crippen molar-refractivity contribution in [3.8, 4) is 0 Å². The molecule has 0 amide bonds. The third kappa shape index (κ3) is 20.2. The van der Waals surface area contributed by atoms with Gasteiger partial charge in [-0.05, 0) is 26.9 Å². The van der Waals surface area contributed by atoms with E-state index < -0.39 is 0 Å². The second-order valence-corrected chi connectivity index (χ2v) is 9.49. The van der Waals surface area contributed by atoms with Crippen molar-refractivity contribution < 1.29 is 4.48 Å². The van der Waals surface area contributed by atoms with Crippen molar-refractivity contribution in [3.63, 3.8) is 0 Å². The zero-order chi connectivity index (χ0) is 19.5. The van der Waals surface area contributed by atoms with Crippen molar-refractivity contribution in [2.24, 2.45) is 0 Å². The molecule has 0 heterocycles. The Kier molecular flexibility index (Phi) is 18.2. The van der Waals surface area contributed by atoms with E-state index in [1.165, 1.54) is 127 Å². The number of quaternary nitrogens is 1. The lowest BCUT2D eigenvalue weighted by molar-refractivity contribution is -0.890. The minimum atomic E-state index is 1.18. The summed E-state index contributed by atoms with van der Waals surface area (Å²) in [7, 11) is 9.12. The first-order valence-corrected chi connectivity index (χ1v) is 11.9. The molecule has 0 radical (unpaired) electrons. The van der Waals surface area contributed by atoms with Gasteiger partial charge in [0.15, 0.2) is 0 Å². The van der Waals surface area contributed by atoms with Gasteiger partial charge in [-0.2, -0.15) is 0 Å². The summed E-state index contributed by atoms with van der Waals surface area (Å²) in [4.78, 5) is 2.30. The lowest BCUT2D eigenvalue weighted by Gasteiger charge is -2.31. The lowest BCUT2D eigenvalue weighted by Crippen LogP contribution is -2.44. The van der Waals surface area contributed by atoms with Crippen molar-refractivity contribution in [2.75, 3.05) is 47.8 Å². The van der Waals surface area contributed by atoms with E-state index in [9.17, 15) is 0 Å². The average Bonchev–Trinajstić information content (AvgIpc) is 2.60. The zero-order valence-electron chi connectivity index (χ0n) is 19.3. The molecule has 0 N–H and O–H groups in total. The van der Waals surface area contributed by atoms with E-state index in [1.807, 2.05) is 0 Å². The largest absolute Gasteiger partial charge is 0.327 e. The first kappa shape index (κ1) is 25.9. The average molecular weight is 370 g/mol. The molecule has 0 saturated carbocycles. The van der Waals surface area contributed by atoms with Crippen molar-refractivity contribution in [1.29, 1.82) is 0 Å². The van der Waals surface area contributed by atoms with Crippen molar-refractivity contribution in [3.05, 3.63) is 0 Å². The fourth-order valence-electron chi connectivity index (χ4n) is 3.67. The van der Waals surface area contributed by atoms with Crippen LogP contribution < -0.4 is 0 Å². The molecular weight excluding hydrogens is 316 g/mol. The second kappa shape index (κ2) is 18.3. The van der Waals surface area contributed by atoms with E-state index in [1.54, 1.807) is 0 Å². The molecule has 0 fully saturated rings. The van der Waals surface area contributed by atoms with E-state index in [4.69, 9.17) is 0 Å². The minimum absolute atomic E-state index is 1.18. The van der Waals surface area contributed by atoms with E-state index >= 15 is 0 Å². The summed E-state index contributed by atoms with van der Waals surface area (Å²) >= 11 is 0. The van der Waals surface area contributed by atoms with Gasteiger partial charge in [-0.1, -0.05) is 96.8 Å². The molecule has 0 rings (SSSR count). The molecule has 0 spiro atoms. The van der Waals surface area contributed by atoms with Gasteiger partial charge >= 0.3 is 0 Å². The van der Waals surface area contributed by atoms with Gasteiger partial charge in [-0.15, -0.1) is 0 Å². The number of rotatable bonds is 20. The van der Waals surface area contributed by atoms with Crippen LogP contribution in [0.25, 0.3) is 0 Å². The van der Waals surface area contributed by atoms with Crippen LogP contribution in [0.4, 0.5) is 0 Å². The molecule has 0 aromatic carbocycles. The third-order valence-electron chi connectivity index (χ3n) is 5.77. The topological polar surface area (TPSA) is 3.24 Å². The number of nitrogens with zero attached hydrogens (tertiary/aromatic N) is 2. The molecule has 26 heavy (non-hydrogen) atoms. The number of unbranched alkanes of at least 4 members (excludes halogenated alkanes) is 15. The number of hydrogen-bond donors (Lipinski definition) is 0. The van der Waals surface area contributed by atoms with Crippen LogP contribution in [0.1, 0.15) is 110 Å². The van der Waals surface area contributed by atoms with Crippen LogP contribution in [-0.4, -0.2) is 57.2 Å². The Morgan fingerprint density at radius 3 is 1.19 bits per heavy atom. The number of likely N-dealkylation sites (N-methyl/N-ethyl adjacent to an activating group) is 2. The predicted octanol–water partition coefficient (Wildman–Crippen LogP) is 6.89. The molecule has 2 nitrogen and oxygen atoms in total. The lowest BCUT2D eigenvalue weighted by atomic mass is 10.0. The van der Waals surface area contributed by atoms with Crippen LogP contribution in [0, 0.1) is 0 Å². The Balaban J connectivity index is 3.20. The van der Waals surface area contributed by atoms with Crippen molar-refractivity contribution >= 4 is 0 Å². The highest BCUT2D eigenvalue weighted by molar-refractivity contribution is 4.50. The standard InChI is InChI=1S/C24H53N2/c1-6-7-8-9-10-11-12-13-14-15-16-17-18-19-20-21-23-26(4,5)24-22-25(2)3/h6-24H2,1-5H3/q+1. The van der Waals surface area contributed by atoms with Gasteiger partial charge in [-0.3, -0.25) is 0 Å². The summed E-state index contributed by atoms with van der Waals surface area (Å²) < 4.78 is 1.18. The van der Waals surface area contributed by atoms with Crippen molar-refractivity contribution in [2.45, 2.75) is 110 Å². The summed E-state index contributed by atoms with van der Waals surface area (Å²) in [5.74, 6) is 0. The SMILES string of the molecule is CCCCCCCCCCCCCCCCCC[N+](C)(C)CCN(C)C. The molecule has 0 aromatic heterocycles.